The van der Waals surface area contributed by atoms with Gasteiger partial charge in [0.2, 0.25) is 5.91 Å². The first-order valence-corrected chi connectivity index (χ1v) is 9.05. The Kier molecular flexibility index (Phi) is 4.96. The van der Waals surface area contributed by atoms with Gasteiger partial charge in [0.05, 0.1) is 0 Å². The van der Waals surface area contributed by atoms with Crippen LogP contribution in [0.2, 0.25) is 10.0 Å². The minimum atomic E-state index is -1.02. The number of rotatable bonds is 4. The summed E-state index contributed by atoms with van der Waals surface area (Å²) in [6, 6.07) is 12.6. The number of Topliss-reactive ketones (excluding diaryl/α,β-unsaturated/α-hetero) is 1. The van der Waals surface area contributed by atoms with Crippen LogP contribution >= 0.6 is 23.2 Å². The lowest BCUT2D eigenvalue weighted by Gasteiger charge is -2.34. The summed E-state index contributed by atoms with van der Waals surface area (Å²) in [6.07, 6.45) is 1.61. The molecule has 1 heterocycles. The van der Waals surface area contributed by atoms with E-state index in [4.69, 9.17) is 23.2 Å². The van der Waals surface area contributed by atoms with Crippen molar-refractivity contribution >= 4 is 40.5 Å². The molecule has 2 aromatic rings. The summed E-state index contributed by atoms with van der Waals surface area (Å²) in [5, 5.41) is 0.784. The van der Waals surface area contributed by atoms with Crippen LogP contribution in [0.15, 0.2) is 48.5 Å². The predicted molar refractivity (Wildman–Crippen MR) is 106 cm³/mol. The summed E-state index contributed by atoms with van der Waals surface area (Å²) in [5.74, 6) is -0.371. The number of hydrogen-bond donors (Lipinski definition) is 0. The molecule has 1 aliphatic heterocycles. The third kappa shape index (κ3) is 3.42. The van der Waals surface area contributed by atoms with E-state index in [-0.39, 0.29) is 11.7 Å². The molecule has 1 aliphatic rings. The molecule has 26 heavy (non-hydrogen) atoms. The number of carbonyl (C=O) groups excluding carboxylic acids is 2. The van der Waals surface area contributed by atoms with E-state index >= 15 is 0 Å². The summed E-state index contributed by atoms with van der Waals surface area (Å²) in [4.78, 5) is 27.3. The third-order valence-electron chi connectivity index (χ3n) is 4.74. The predicted octanol–water partition coefficient (Wildman–Crippen LogP) is 5.19. The maximum absolute atomic E-state index is 13.1. The van der Waals surface area contributed by atoms with Crippen molar-refractivity contribution in [1.82, 2.24) is 4.90 Å². The smallest absolute Gasteiger partial charge is 0.248 e. The zero-order chi connectivity index (χ0) is 19.1. The topological polar surface area (TPSA) is 37.4 Å². The average Bonchev–Trinajstić information content (AvgIpc) is 2.96. The van der Waals surface area contributed by atoms with Crippen LogP contribution in [0.25, 0.3) is 5.57 Å². The lowest BCUT2D eigenvalue weighted by molar-refractivity contribution is -0.127. The molecule has 0 radical (unpaired) electrons. The third-order valence-corrected chi connectivity index (χ3v) is 5.17. The molecule has 0 aliphatic carbocycles. The van der Waals surface area contributed by atoms with Gasteiger partial charge in [0.25, 0.3) is 0 Å². The van der Waals surface area contributed by atoms with Gasteiger partial charge in [-0.25, -0.2) is 0 Å². The van der Waals surface area contributed by atoms with Crippen LogP contribution in [0.4, 0.5) is 0 Å². The van der Waals surface area contributed by atoms with E-state index in [1.54, 1.807) is 43.0 Å². The number of amides is 1. The van der Waals surface area contributed by atoms with Crippen LogP contribution in [-0.4, -0.2) is 28.7 Å². The Bertz CT molecular complexity index is 911. The van der Waals surface area contributed by atoms with Gasteiger partial charge in [-0.15, -0.1) is 0 Å². The molecule has 0 saturated heterocycles. The number of nitrogens with zero attached hydrogens (tertiary/aromatic N) is 1. The molecule has 0 atom stereocenters. The van der Waals surface area contributed by atoms with Gasteiger partial charge in [-0.2, -0.15) is 0 Å². The van der Waals surface area contributed by atoms with Crippen molar-refractivity contribution in [2.75, 3.05) is 6.54 Å². The second kappa shape index (κ2) is 6.90. The quantitative estimate of drug-likeness (QED) is 0.676. The molecule has 5 heteroatoms. The molecule has 0 spiro atoms. The van der Waals surface area contributed by atoms with Gasteiger partial charge in [-0.3, -0.25) is 9.59 Å². The summed E-state index contributed by atoms with van der Waals surface area (Å²) >= 11 is 12.1. The van der Waals surface area contributed by atoms with Crippen molar-refractivity contribution in [2.24, 2.45) is 0 Å². The molecule has 0 N–H and O–H groups in total. The summed E-state index contributed by atoms with van der Waals surface area (Å²) in [6.45, 7) is 5.89. The second-order valence-electron chi connectivity index (χ2n) is 6.96. The Morgan fingerprint density at radius 3 is 2.31 bits per heavy atom. The van der Waals surface area contributed by atoms with Gasteiger partial charge in [0.1, 0.15) is 5.54 Å². The second-order valence-corrected chi connectivity index (χ2v) is 7.83. The Hall–Kier alpha value is -2.10. The number of ketones is 1. The number of halogens is 2. The number of aryl methyl sites for hydroxylation is 1. The van der Waals surface area contributed by atoms with E-state index in [0.29, 0.717) is 22.2 Å². The highest BCUT2D eigenvalue weighted by atomic mass is 35.5. The minimum absolute atomic E-state index is 0.172. The molecule has 0 saturated carbocycles. The summed E-state index contributed by atoms with van der Waals surface area (Å²) < 4.78 is 0. The number of carbonyl (C=O) groups is 2. The fraction of sp³-hybridized carbons (Fsp3) is 0.238. The molecular weight excluding hydrogens is 369 g/mol. The highest BCUT2D eigenvalue weighted by Gasteiger charge is 2.40. The molecule has 2 aromatic carbocycles. The van der Waals surface area contributed by atoms with E-state index in [1.807, 2.05) is 31.2 Å². The first-order chi connectivity index (χ1) is 12.2. The van der Waals surface area contributed by atoms with Crippen molar-refractivity contribution in [1.29, 1.82) is 0 Å². The molecule has 0 fully saturated rings. The van der Waals surface area contributed by atoms with Crippen LogP contribution in [0.5, 0.6) is 0 Å². The van der Waals surface area contributed by atoms with Crippen LogP contribution in [-0.2, 0) is 4.79 Å². The Labute approximate surface area is 163 Å². The van der Waals surface area contributed by atoms with Crippen LogP contribution < -0.4 is 0 Å². The standard InChI is InChI=1S/C21H19Cl2NO2/c1-13-6-4-5-7-18(13)15-10-19(25)24(12-15)21(2,3)20(26)14-8-16(22)11-17(23)9-14/h4-11H,12H2,1-3H3. The normalized spacial score (nSPS) is 14.6. The fourth-order valence-corrected chi connectivity index (χ4v) is 3.78. The van der Waals surface area contributed by atoms with Gasteiger partial charge in [-0.05, 0) is 55.7 Å². The molecule has 0 unspecified atom stereocenters. The molecule has 3 rings (SSSR count). The fourth-order valence-electron chi connectivity index (χ4n) is 3.25. The van der Waals surface area contributed by atoms with E-state index in [1.165, 1.54) is 0 Å². The maximum Gasteiger partial charge on any atom is 0.248 e. The van der Waals surface area contributed by atoms with Crippen LogP contribution in [0, 0.1) is 6.92 Å². The van der Waals surface area contributed by atoms with E-state index in [2.05, 4.69) is 0 Å². The van der Waals surface area contributed by atoms with Gasteiger partial charge >= 0.3 is 0 Å². The SMILES string of the molecule is Cc1ccccc1C1=CC(=O)N(C(C)(C)C(=O)c2cc(Cl)cc(Cl)c2)C1. The first-order valence-electron chi connectivity index (χ1n) is 8.29. The largest absolute Gasteiger partial charge is 0.322 e. The van der Waals surface area contributed by atoms with E-state index < -0.39 is 5.54 Å². The van der Waals surface area contributed by atoms with Crippen LogP contribution in [0.1, 0.15) is 35.3 Å². The van der Waals surface area contributed by atoms with Crippen LogP contribution in [0.3, 0.4) is 0 Å². The summed E-state index contributed by atoms with van der Waals surface area (Å²) in [5.41, 5.74) is 2.41. The van der Waals surface area contributed by atoms with Crippen molar-refractivity contribution in [3.8, 4) is 0 Å². The molecule has 0 aromatic heterocycles. The Morgan fingerprint density at radius 1 is 1.08 bits per heavy atom. The number of benzene rings is 2. The van der Waals surface area contributed by atoms with Gasteiger partial charge in [0.15, 0.2) is 5.78 Å². The highest BCUT2D eigenvalue weighted by Crippen LogP contribution is 2.32. The Balaban J connectivity index is 1.90. The zero-order valence-corrected chi connectivity index (χ0v) is 16.4. The molecular formula is C21H19Cl2NO2. The summed E-state index contributed by atoms with van der Waals surface area (Å²) in [7, 11) is 0. The lowest BCUT2D eigenvalue weighted by Crippen LogP contribution is -2.51. The van der Waals surface area contributed by atoms with E-state index in [0.717, 1.165) is 16.7 Å². The molecule has 0 bridgehead atoms. The lowest BCUT2D eigenvalue weighted by atomic mass is 9.91. The molecule has 3 nitrogen and oxygen atoms in total. The minimum Gasteiger partial charge on any atom is -0.322 e. The number of hydrogen-bond acceptors (Lipinski definition) is 2. The molecule has 134 valence electrons. The molecule has 1 amide bonds. The van der Waals surface area contributed by atoms with Gasteiger partial charge < -0.3 is 4.90 Å². The van der Waals surface area contributed by atoms with Crippen molar-refractivity contribution in [3.63, 3.8) is 0 Å². The monoisotopic (exact) mass is 387 g/mol. The maximum atomic E-state index is 13.1. The Morgan fingerprint density at radius 2 is 1.69 bits per heavy atom. The first kappa shape index (κ1) is 18.7. The average molecular weight is 388 g/mol. The van der Waals surface area contributed by atoms with Gasteiger partial charge in [0, 0.05) is 28.2 Å². The van der Waals surface area contributed by atoms with E-state index in [9.17, 15) is 9.59 Å². The van der Waals surface area contributed by atoms with Crippen molar-refractivity contribution < 1.29 is 9.59 Å². The van der Waals surface area contributed by atoms with Crippen molar-refractivity contribution in [2.45, 2.75) is 26.3 Å². The van der Waals surface area contributed by atoms with Gasteiger partial charge in [-0.1, -0.05) is 47.5 Å². The zero-order valence-electron chi connectivity index (χ0n) is 14.8. The van der Waals surface area contributed by atoms with Crippen molar-refractivity contribution in [3.05, 3.63) is 75.3 Å². The highest BCUT2D eigenvalue weighted by molar-refractivity contribution is 6.35.